The molecule has 0 saturated heterocycles. The molecule has 150 valence electrons. The lowest BCUT2D eigenvalue weighted by Gasteiger charge is -2.07. The van der Waals surface area contributed by atoms with Gasteiger partial charge in [0.2, 0.25) is 0 Å². The van der Waals surface area contributed by atoms with Crippen molar-refractivity contribution in [2.75, 3.05) is 13.4 Å². The minimum absolute atomic E-state index is 0.137. The maximum atomic E-state index is 10.6. The molecule has 0 spiro atoms. The minimum Gasteiger partial charge on any atom is -0.497 e. The van der Waals surface area contributed by atoms with Gasteiger partial charge in [0.15, 0.2) is 0 Å². The lowest BCUT2D eigenvalue weighted by atomic mass is 10.2. The smallest absolute Gasteiger partial charge is 0.490 e. The molecule has 9 heteroatoms. The van der Waals surface area contributed by atoms with E-state index in [0.29, 0.717) is 0 Å². The first-order valence-corrected chi connectivity index (χ1v) is 9.74. The molecule has 3 nitrogen and oxygen atoms in total. The summed E-state index contributed by atoms with van der Waals surface area (Å²) in [6.45, 7) is 0. The van der Waals surface area contributed by atoms with Gasteiger partial charge >= 0.3 is 12.1 Å². The molecule has 0 saturated carbocycles. The summed E-state index contributed by atoms with van der Waals surface area (Å²) in [7, 11) is 1.66. The van der Waals surface area contributed by atoms with Gasteiger partial charge in [-0.25, -0.2) is 4.79 Å². The van der Waals surface area contributed by atoms with Crippen molar-refractivity contribution < 1.29 is 27.8 Å². The van der Waals surface area contributed by atoms with Crippen LogP contribution in [0.1, 0.15) is 5.56 Å². The standard InChI is InChI=1S/C9H12S3.C7H8O.C2HF3O2/c1-12-8-5-3-2-4-7(8)6-9(10)11;1-8-7-5-3-2-4-6-7;3-2(4,5)1(6)7/h2-5,9-11H,6H2,1H3;2-6H,1H3;(H,6,7). The van der Waals surface area contributed by atoms with Crippen LogP contribution in [-0.4, -0.2) is 35.2 Å². The fourth-order valence-electron chi connectivity index (χ4n) is 1.62. The molecule has 0 fully saturated rings. The van der Waals surface area contributed by atoms with Gasteiger partial charge in [0.05, 0.1) is 7.11 Å². The SMILES string of the molecule is COc1ccccc1.CSc1ccccc1CC(S)S.O=C(O)C(F)(F)F. The number of carboxylic acids is 1. The van der Waals surface area contributed by atoms with Crippen molar-refractivity contribution in [3.8, 4) is 5.75 Å². The van der Waals surface area contributed by atoms with Crippen LogP contribution in [-0.2, 0) is 11.2 Å². The van der Waals surface area contributed by atoms with Gasteiger partial charge in [-0.15, -0.1) is 11.8 Å². The maximum absolute atomic E-state index is 10.6. The molecule has 0 radical (unpaired) electrons. The molecule has 2 aromatic rings. The Kier molecular flexibility index (Phi) is 12.9. The molecule has 0 aliphatic heterocycles. The number of aliphatic carboxylic acids is 1. The number of rotatable bonds is 4. The molecule has 2 aromatic carbocycles. The topological polar surface area (TPSA) is 46.5 Å². The van der Waals surface area contributed by atoms with Crippen LogP contribution in [0.25, 0.3) is 0 Å². The maximum Gasteiger partial charge on any atom is 0.490 e. The monoisotopic (exact) mass is 438 g/mol. The van der Waals surface area contributed by atoms with E-state index >= 15 is 0 Å². The van der Waals surface area contributed by atoms with Crippen LogP contribution in [0.2, 0.25) is 0 Å². The van der Waals surface area contributed by atoms with Crippen molar-refractivity contribution in [2.45, 2.75) is 22.1 Å². The first-order chi connectivity index (χ1) is 12.6. The van der Waals surface area contributed by atoms with Gasteiger partial charge in [-0.1, -0.05) is 36.4 Å². The van der Waals surface area contributed by atoms with E-state index in [4.69, 9.17) is 14.6 Å². The summed E-state index contributed by atoms with van der Waals surface area (Å²) in [5.41, 5.74) is 1.33. The predicted molar refractivity (Wildman–Crippen MR) is 110 cm³/mol. The zero-order valence-corrected chi connectivity index (χ0v) is 17.3. The number of methoxy groups -OCH3 is 1. The molecule has 27 heavy (non-hydrogen) atoms. The van der Waals surface area contributed by atoms with Crippen LogP contribution < -0.4 is 4.74 Å². The third-order valence-electron chi connectivity index (χ3n) is 2.82. The summed E-state index contributed by atoms with van der Waals surface area (Å²) < 4.78 is 36.8. The van der Waals surface area contributed by atoms with E-state index in [9.17, 15) is 13.2 Å². The van der Waals surface area contributed by atoms with E-state index in [-0.39, 0.29) is 4.58 Å². The van der Waals surface area contributed by atoms with Gasteiger partial charge in [-0.2, -0.15) is 38.4 Å². The highest BCUT2D eigenvalue weighted by molar-refractivity contribution is 7.99. The Morgan fingerprint density at radius 1 is 1.11 bits per heavy atom. The van der Waals surface area contributed by atoms with E-state index in [2.05, 4.69) is 55.8 Å². The van der Waals surface area contributed by atoms with E-state index in [1.165, 1.54) is 10.5 Å². The van der Waals surface area contributed by atoms with Crippen LogP contribution >= 0.6 is 37.0 Å². The average Bonchev–Trinajstić information content (AvgIpc) is 2.62. The van der Waals surface area contributed by atoms with E-state index in [1.807, 2.05) is 30.3 Å². The van der Waals surface area contributed by atoms with E-state index in [1.54, 1.807) is 18.9 Å². The highest BCUT2D eigenvalue weighted by Crippen LogP contribution is 2.22. The summed E-state index contributed by atoms with van der Waals surface area (Å²) in [6.07, 6.45) is -2.08. The van der Waals surface area contributed by atoms with Crippen molar-refractivity contribution in [1.29, 1.82) is 0 Å². The van der Waals surface area contributed by atoms with Crippen molar-refractivity contribution in [2.24, 2.45) is 0 Å². The number of carboxylic acid groups (broad SMARTS) is 1. The van der Waals surface area contributed by atoms with Gasteiger partial charge in [0, 0.05) is 9.48 Å². The Hall–Kier alpha value is -1.45. The molecule has 1 N–H and O–H groups in total. The second-order valence-electron chi connectivity index (χ2n) is 4.82. The van der Waals surface area contributed by atoms with Crippen molar-refractivity contribution in [1.82, 2.24) is 0 Å². The van der Waals surface area contributed by atoms with E-state index in [0.717, 1.165) is 12.2 Å². The molecular weight excluding hydrogens is 417 g/mol. The Morgan fingerprint density at radius 3 is 1.96 bits per heavy atom. The summed E-state index contributed by atoms with van der Waals surface area (Å²) in [4.78, 5) is 10.2. The van der Waals surface area contributed by atoms with Crippen LogP contribution in [0, 0.1) is 0 Å². The molecule has 0 aliphatic carbocycles. The lowest BCUT2D eigenvalue weighted by Crippen LogP contribution is -2.21. The largest absolute Gasteiger partial charge is 0.497 e. The third-order valence-corrected chi connectivity index (χ3v) is 4.02. The number of carbonyl (C=O) groups is 1. The fourth-order valence-corrected chi connectivity index (χ4v) is 2.65. The first-order valence-electron chi connectivity index (χ1n) is 7.49. The summed E-state index contributed by atoms with van der Waals surface area (Å²) in [6, 6.07) is 18.1. The Balaban J connectivity index is 0.000000395. The quantitative estimate of drug-likeness (QED) is 0.337. The van der Waals surface area contributed by atoms with Crippen LogP contribution in [0.15, 0.2) is 59.5 Å². The zero-order valence-electron chi connectivity index (χ0n) is 14.7. The molecular formula is C18H21F3O3S3. The van der Waals surface area contributed by atoms with Crippen molar-refractivity contribution in [3.63, 3.8) is 0 Å². The molecule has 0 bridgehead atoms. The zero-order chi connectivity index (χ0) is 20.9. The number of alkyl halides is 3. The van der Waals surface area contributed by atoms with Gasteiger partial charge in [-0.05, 0) is 36.4 Å². The summed E-state index contributed by atoms with van der Waals surface area (Å²) in [5, 5.41) is 7.12. The number of thioether (sulfide) groups is 1. The lowest BCUT2D eigenvalue weighted by molar-refractivity contribution is -0.192. The van der Waals surface area contributed by atoms with Gasteiger partial charge in [-0.3, -0.25) is 0 Å². The molecule has 2 rings (SSSR count). The number of hydrogen-bond acceptors (Lipinski definition) is 5. The Labute approximate surface area is 172 Å². The van der Waals surface area contributed by atoms with Gasteiger partial charge < -0.3 is 9.84 Å². The number of hydrogen-bond donors (Lipinski definition) is 3. The minimum atomic E-state index is -5.08. The highest BCUT2D eigenvalue weighted by Gasteiger charge is 2.38. The second-order valence-corrected chi connectivity index (χ2v) is 7.32. The van der Waals surface area contributed by atoms with Gasteiger partial charge in [0.1, 0.15) is 5.75 Å². The predicted octanol–water partition coefficient (Wildman–Crippen LogP) is 5.47. The van der Waals surface area contributed by atoms with Crippen LogP contribution in [0.5, 0.6) is 5.75 Å². The van der Waals surface area contributed by atoms with Crippen molar-refractivity contribution >= 4 is 43.0 Å². The second kappa shape index (κ2) is 13.7. The fraction of sp³-hybridized carbons (Fsp3) is 0.278. The number of para-hydroxylation sites is 1. The van der Waals surface area contributed by atoms with Crippen LogP contribution in [0.4, 0.5) is 13.2 Å². The number of thiol groups is 2. The number of halogens is 3. The molecule has 0 heterocycles. The highest BCUT2D eigenvalue weighted by atomic mass is 32.2. The Morgan fingerprint density at radius 2 is 1.59 bits per heavy atom. The Bertz CT molecular complexity index is 666. The van der Waals surface area contributed by atoms with E-state index < -0.39 is 12.1 Å². The molecule has 0 atom stereocenters. The van der Waals surface area contributed by atoms with Crippen LogP contribution in [0.3, 0.4) is 0 Å². The third kappa shape index (κ3) is 12.5. The van der Waals surface area contributed by atoms with Crippen molar-refractivity contribution in [3.05, 3.63) is 60.2 Å². The summed E-state index contributed by atoms with van der Waals surface area (Å²) >= 11 is 10.3. The summed E-state index contributed by atoms with van der Waals surface area (Å²) in [5.74, 6) is -1.85. The molecule has 0 aromatic heterocycles. The molecule has 0 aliphatic rings. The first kappa shape index (κ1) is 25.6. The number of benzene rings is 2. The molecule has 0 amide bonds. The number of ether oxygens (including phenoxy) is 1. The molecule has 0 unspecified atom stereocenters. The average molecular weight is 439 g/mol. The van der Waals surface area contributed by atoms with Gasteiger partial charge in [0.25, 0.3) is 0 Å². The normalized spacial score (nSPS) is 10.2.